The Hall–Kier alpha value is -3.18. The molecule has 4 aromatic heterocycles. The van der Waals surface area contributed by atoms with E-state index in [2.05, 4.69) is 35.1 Å². The zero-order valence-corrected chi connectivity index (χ0v) is 17.1. The van der Waals surface area contributed by atoms with Gasteiger partial charge in [-0.15, -0.1) is 0 Å². The molecule has 6 nitrogen and oxygen atoms in total. The van der Waals surface area contributed by atoms with Gasteiger partial charge >= 0.3 is 0 Å². The molecule has 1 unspecified atom stereocenters. The van der Waals surface area contributed by atoms with E-state index in [9.17, 15) is 9.65 Å². The van der Waals surface area contributed by atoms with Crippen molar-refractivity contribution in [3.63, 3.8) is 0 Å². The van der Waals surface area contributed by atoms with Crippen LogP contribution in [0.2, 0.25) is 0 Å². The lowest BCUT2D eigenvalue weighted by Gasteiger charge is -2.13. The third kappa shape index (κ3) is 3.38. The Labute approximate surface area is 172 Å². The van der Waals surface area contributed by atoms with Crippen LogP contribution in [0.1, 0.15) is 37.6 Å². The highest BCUT2D eigenvalue weighted by molar-refractivity contribution is 7.99. The van der Waals surface area contributed by atoms with Gasteiger partial charge in [-0.25, -0.2) is 13.9 Å². The highest BCUT2D eigenvalue weighted by atomic mass is 32.2. The smallest absolute Gasteiger partial charge is 0.155 e. The highest BCUT2D eigenvalue weighted by Crippen LogP contribution is 2.36. The quantitative estimate of drug-likeness (QED) is 0.465. The molecule has 0 N–H and O–H groups in total. The predicted octanol–water partition coefficient (Wildman–Crippen LogP) is 5.03. The largest absolute Gasteiger partial charge is 0.266 e. The van der Waals surface area contributed by atoms with Gasteiger partial charge in [0.25, 0.3) is 0 Å². The molecule has 0 bridgehead atoms. The average molecular weight is 406 g/mol. The monoisotopic (exact) mass is 406 g/mol. The molecule has 0 aliphatic rings. The fraction of sp³-hybridized carbons (Fsp3) is 0.238. The second kappa shape index (κ2) is 7.68. The first-order valence-corrected chi connectivity index (χ1v) is 10.1. The van der Waals surface area contributed by atoms with Gasteiger partial charge in [-0.2, -0.15) is 15.5 Å². The van der Waals surface area contributed by atoms with Gasteiger partial charge in [0.1, 0.15) is 11.1 Å². The maximum absolute atomic E-state index is 14.2. The van der Waals surface area contributed by atoms with Crippen LogP contribution in [0.5, 0.6) is 0 Å². The summed E-state index contributed by atoms with van der Waals surface area (Å²) in [5.41, 5.74) is 3.99. The minimum atomic E-state index is -0.403. The minimum Gasteiger partial charge on any atom is -0.266 e. The van der Waals surface area contributed by atoms with Crippen LogP contribution in [-0.2, 0) is 0 Å². The van der Waals surface area contributed by atoms with Crippen molar-refractivity contribution in [1.29, 1.82) is 5.26 Å². The van der Waals surface area contributed by atoms with Crippen molar-refractivity contribution in [3.05, 3.63) is 60.1 Å². The zero-order chi connectivity index (χ0) is 20.5. The summed E-state index contributed by atoms with van der Waals surface area (Å²) in [4.78, 5) is 4.85. The van der Waals surface area contributed by atoms with E-state index in [1.807, 2.05) is 30.1 Å². The molecular weight excluding hydrogens is 387 g/mol. The lowest BCUT2D eigenvalue weighted by Crippen LogP contribution is -2.07. The summed E-state index contributed by atoms with van der Waals surface area (Å²) in [6.07, 6.45) is 7.76. The van der Waals surface area contributed by atoms with Crippen LogP contribution in [0.3, 0.4) is 0 Å². The summed E-state index contributed by atoms with van der Waals surface area (Å²) in [5, 5.41) is 18.6. The third-order valence-electron chi connectivity index (χ3n) is 4.99. The van der Waals surface area contributed by atoms with Crippen molar-refractivity contribution >= 4 is 17.3 Å². The molecule has 4 heterocycles. The number of hydrogen-bond acceptors (Lipinski definition) is 5. The van der Waals surface area contributed by atoms with Gasteiger partial charge < -0.3 is 0 Å². The number of hydrogen-bond donors (Lipinski definition) is 0. The van der Waals surface area contributed by atoms with Crippen LogP contribution in [0.4, 0.5) is 4.39 Å². The Morgan fingerprint density at radius 3 is 2.86 bits per heavy atom. The molecule has 0 saturated heterocycles. The standard InChI is InChI=1S/C21H19FN6S/c1-4-13(2)28-14(3)17(11-26-28)15-8-19(29-21-18(22)6-5-7-24-21)20-16(9-23)10-25-27(20)12-15/h5-8,10-13H,4H2,1-3H3. The zero-order valence-electron chi connectivity index (χ0n) is 16.3. The van der Waals surface area contributed by atoms with E-state index in [4.69, 9.17) is 0 Å². The summed E-state index contributed by atoms with van der Waals surface area (Å²) < 4.78 is 17.9. The lowest BCUT2D eigenvalue weighted by molar-refractivity contribution is 0.468. The molecular formula is C21H19FN6S. The fourth-order valence-electron chi connectivity index (χ4n) is 3.27. The number of fused-ring (bicyclic) bond motifs is 1. The number of rotatable bonds is 5. The van der Waals surface area contributed by atoms with Crippen LogP contribution in [-0.4, -0.2) is 24.4 Å². The van der Waals surface area contributed by atoms with E-state index < -0.39 is 5.82 Å². The molecule has 0 radical (unpaired) electrons. The summed E-state index contributed by atoms with van der Waals surface area (Å²) in [6, 6.07) is 7.32. The molecule has 29 heavy (non-hydrogen) atoms. The molecule has 1 atom stereocenters. The molecule has 146 valence electrons. The first-order chi connectivity index (χ1) is 14.0. The van der Waals surface area contributed by atoms with Gasteiger partial charge in [-0.3, -0.25) is 4.68 Å². The van der Waals surface area contributed by atoms with Gasteiger partial charge in [0, 0.05) is 40.2 Å². The second-order valence-electron chi connectivity index (χ2n) is 6.79. The number of aromatic nitrogens is 5. The van der Waals surface area contributed by atoms with Crippen LogP contribution in [0.15, 0.2) is 52.9 Å². The van der Waals surface area contributed by atoms with Gasteiger partial charge in [0.15, 0.2) is 5.82 Å². The third-order valence-corrected chi connectivity index (χ3v) is 6.02. The molecule has 0 aliphatic carbocycles. The van der Waals surface area contributed by atoms with E-state index in [0.29, 0.717) is 22.0 Å². The maximum Gasteiger partial charge on any atom is 0.155 e. The van der Waals surface area contributed by atoms with Gasteiger partial charge in [-0.05, 0) is 38.5 Å². The molecule has 8 heteroatoms. The summed E-state index contributed by atoms with van der Waals surface area (Å²) in [6.45, 7) is 6.29. The summed E-state index contributed by atoms with van der Waals surface area (Å²) in [5.74, 6) is -0.403. The van der Waals surface area contributed by atoms with Crippen LogP contribution in [0.25, 0.3) is 16.6 Å². The molecule has 0 amide bonds. The Bertz CT molecular complexity index is 1240. The molecule has 0 aliphatic heterocycles. The Morgan fingerprint density at radius 1 is 1.31 bits per heavy atom. The predicted molar refractivity (Wildman–Crippen MR) is 109 cm³/mol. The molecule has 0 saturated carbocycles. The van der Waals surface area contributed by atoms with Crippen molar-refractivity contribution < 1.29 is 4.39 Å². The van der Waals surface area contributed by atoms with E-state index in [1.165, 1.54) is 24.0 Å². The SMILES string of the molecule is CCC(C)n1ncc(-c2cc(Sc3ncccc3F)c3c(C#N)cnn3c2)c1C. The molecule has 4 aromatic rings. The number of nitriles is 1. The fourth-order valence-corrected chi connectivity index (χ4v) is 4.24. The number of nitrogens with zero attached hydrogens (tertiary/aromatic N) is 6. The van der Waals surface area contributed by atoms with Crippen molar-refractivity contribution in [3.8, 4) is 17.2 Å². The van der Waals surface area contributed by atoms with Crippen molar-refractivity contribution in [2.24, 2.45) is 0 Å². The van der Waals surface area contributed by atoms with E-state index in [-0.39, 0.29) is 5.03 Å². The Morgan fingerprint density at radius 2 is 2.14 bits per heavy atom. The Balaban J connectivity index is 1.89. The molecule has 0 spiro atoms. The maximum atomic E-state index is 14.2. The number of pyridine rings is 2. The average Bonchev–Trinajstić information content (AvgIpc) is 3.32. The Kier molecular flexibility index (Phi) is 5.07. The van der Waals surface area contributed by atoms with Gasteiger partial charge in [0.2, 0.25) is 0 Å². The minimum absolute atomic E-state index is 0.253. The number of halogens is 1. The van der Waals surface area contributed by atoms with Crippen LogP contribution < -0.4 is 0 Å². The highest BCUT2D eigenvalue weighted by Gasteiger charge is 2.18. The van der Waals surface area contributed by atoms with E-state index in [1.54, 1.807) is 16.8 Å². The van der Waals surface area contributed by atoms with Gasteiger partial charge in [0.05, 0.1) is 23.5 Å². The lowest BCUT2D eigenvalue weighted by atomic mass is 10.1. The van der Waals surface area contributed by atoms with E-state index >= 15 is 0 Å². The van der Waals surface area contributed by atoms with Crippen molar-refractivity contribution in [2.75, 3.05) is 0 Å². The van der Waals surface area contributed by atoms with Crippen LogP contribution >= 0.6 is 11.8 Å². The molecule has 0 fully saturated rings. The second-order valence-corrected chi connectivity index (χ2v) is 7.82. The first-order valence-electron chi connectivity index (χ1n) is 9.27. The van der Waals surface area contributed by atoms with E-state index in [0.717, 1.165) is 23.2 Å². The summed E-state index contributed by atoms with van der Waals surface area (Å²) >= 11 is 1.18. The van der Waals surface area contributed by atoms with Crippen LogP contribution in [0, 0.1) is 24.1 Å². The molecule has 4 rings (SSSR count). The molecule has 0 aromatic carbocycles. The topological polar surface area (TPSA) is 71.8 Å². The summed E-state index contributed by atoms with van der Waals surface area (Å²) in [7, 11) is 0. The van der Waals surface area contributed by atoms with Gasteiger partial charge in [-0.1, -0.05) is 18.7 Å². The normalized spacial score (nSPS) is 12.2. The van der Waals surface area contributed by atoms with Crippen molar-refractivity contribution in [2.45, 2.75) is 43.2 Å². The van der Waals surface area contributed by atoms with Crippen molar-refractivity contribution in [1.82, 2.24) is 24.4 Å². The first kappa shape index (κ1) is 19.2.